The van der Waals surface area contributed by atoms with E-state index in [1.807, 2.05) is 0 Å². The second kappa shape index (κ2) is 6.58. The van der Waals surface area contributed by atoms with Gasteiger partial charge in [0.2, 0.25) is 5.88 Å². The topological polar surface area (TPSA) is 74.7 Å². The van der Waals surface area contributed by atoms with E-state index < -0.39 is 18.5 Å². The van der Waals surface area contributed by atoms with Gasteiger partial charge >= 0.3 is 11.9 Å². The molecule has 0 atom stereocenters. The summed E-state index contributed by atoms with van der Waals surface area (Å²) in [5.74, 6) is -0.823. The van der Waals surface area contributed by atoms with Crippen molar-refractivity contribution in [1.82, 2.24) is 4.98 Å². The van der Waals surface area contributed by atoms with Crippen molar-refractivity contribution in [2.24, 2.45) is 0 Å². The Bertz CT molecular complexity index is 413. The third-order valence-electron chi connectivity index (χ3n) is 1.87. The molecule has 0 saturated carbocycles. The number of pyridine rings is 1. The highest BCUT2D eigenvalue weighted by atomic mass is 16.6. The molecule has 1 aromatic rings. The van der Waals surface area contributed by atoms with E-state index in [0.29, 0.717) is 5.88 Å². The number of nitrogens with zero attached hydrogens (tertiary/aromatic N) is 1. The molecule has 0 unspecified atom stereocenters. The smallest absolute Gasteiger partial charge is 0.344 e. The Morgan fingerprint density at radius 3 is 2.56 bits per heavy atom. The first kappa shape index (κ1) is 14.0. The Hall–Kier alpha value is -2.11. The molecule has 0 aliphatic heterocycles. The molecule has 0 radical (unpaired) electrons. The first-order valence-corrected chi connectivity index (χ1v) is 5.39. The lowest BCUT2D eigenvalue weighted by atomic mass is 10.3. The van der Waals surface area contributed by atoms with Crippen molar-refractivity contribution in [2.75, 3.05) is 13.7 Å². The molecule has 0 aliphatic carbocycles. The van der Waals surface area contributed by atoms with Gasteiger partial charge in [0, 0.05) is 12.3 Å². The predicted octanol–water partition coefficient (Wildman–Crippen LogP) is 1.20. The van der Waals surface area contributed by atoms with E-state index in [2.05, 4.69) is 4.98 Å². The quantitative estimate of drug-likeness (QED) is 0.734. The van der Waals surface area contributed by atoms with Crippen LogP contribution in [-0.2, 0) is 14.3 Å². The summed E-state index contributed by atoms with van der Waals surface area (Å²) in [6.45, 7) is 3.02. The Morgan fingerprint density at radius 2 is 2.06 bits per heavy atom. The van der Waals surface area contributed by atoms with Crippen LogP contribution in [0.5, 0.6) is 5.88 Å². The third-order valence-corrected chi connectivity index (χ3v) is 1.87. The van der Waals surface area contributed by atoms with E-state index in [1.54, 1.807) is 13.8 Å². The van der Waals surface area contributed by atoms with Gasteiger partial charge in [-0.15, -0.1) is 0 Å². The van der Waals surface area contributed by atoms with Crippen LogP contribution in [0.3, 0.4) is 0 Å². The van der Waals surface area contributed by atoms with Crippen LogP contribution in [0.4, 0.5) is 0 Å². The fraction of sp³-hybridized carbons (Fsp3) is 0.417. The second-order valence-corrected chi connectivity index (χ2v) is 3.70. The number of carbonyl (C=O) groups is 2. The first-order chi connectivity index (χ1) is 8.52. The summed E-state index contributed by atoms with van der Waals surface area (Å²) in [4.78, 5) is 26.5. The van der Waals surface area contributed by atoms with Crippen LogP contribution < -0.4 is 4.74 Å². The standard InChI is InChI=1S/C12H15NO5/c1-8(2)18-11(14)7-17-12(15)9-4-5-10(16-3)13-6-9/h4-6,8H,7H2,1-3H3. The molecule has 1 heterocycles. The van der Waals surface area contributed by atoms with E-state index in [1.165, 1.54) is 25.4 Å². The Morgan fingerprint density at radius 1 is 1.33 bits per heavy atom. The maximum absolute atomic E-state index is 11.5. The number of ether oxygens (including phenoxy) is 3. The summed E-state index contributed by atoms with van der Waals surface area (Å²) in [7, 11) is 1.47. The van der Waals surface area contributed by atoms with Crippen LogP contribution >= 0.6 is 0 Å². The van der Waals surface area contributed by atoms with Crippen LogP contribution in [0.25, 0.3) is 0 Å². The number of aromatic nitrogens is 1. The van der Waals surface area contributed by atoms with Gasteiger partial charge < -0.3 is 14.2 Å². The van der Waals surface area contributed by atoms with Crippen LogP contribution in [0, 0.1) is 0 Å². The second-order valence-electron chi connectivity index (χ2n) is 3.70. The summed E-state index contributed by atoms with van der Waals surface area (Å²) in [5.41, 5.74) is 0.244. The SMILES string of the molecule is COc1ccc(C(=O)OCC(=O)OC(C)C)cn1. The minimum absolute atomic E-state index is 0.237. The van der Waals surface area contributed by atoms with E-state index in [-0.39, 0.29) is 11.7 Å². The van der Waals surface area contributed by atoms with E-state index in [4.69, 9.17) is 14.2 Å². The molecule has 0 aliphatic rings. The van der Waals surface area contributed by atoms with Crippen molar-refractivity contribution in [1.29, 1.82) is 0 Å². The zero-order chi connectivity index (χ0) is 13.5. The van der Waals surface area contributed by atoms with Crippen LogP contribution in [0.2, 0.25) is 0 Å². The molecule has 1 rings (SSSR count). The van der Waals surface area contributed by atoms with Gasteiger partial charge in [0.1, 0.15) is 0 Å². The zero-order valence-corrected chi connectivity index (χ0v) is 10.5. The number of esters is 2. The number of carbonyl (C=O) groups excluding carboxylic acids is 2. The normalized spacial score (nSPS) is 10.0. The molecule has 0 N–H and O–H groups in total. The summed E-state index contributed by atoms with van der Waals surface area (Å²) in [6, 6.07) is 3.03. The third kappa shape index (κ3) is 4.40. The van der Waals surface area contributed by atoms with Crippen LogP contribution in [-0.4, -0.2) is 36.7 Å². The fourth-order valence-corrected chi connectivity index (χ4v) is 1.13. The monoisotopic (exact) mass is 253 g/mol. The molecule has 0 spiro atoms. The number of methoxy groups -OCH3 is 1. The van der Waals surface area contributed by atoms with Crippen molar-refractivity contribution in [3.63, 3.8) is 0 Å². The van der Waals surface area contributed by atoms with Gasteiger partial charge in [-0.3, -0.25) is 0 Å². The van der Waals surface area contributed by atoms with Gasteiger partial charge in [-0.2, -0.15) is 0 Å². The molecule has 18 heavy (non-hydrogen) atoms. The summed E-state index contributed by atoms with van der Waals surface area (Å²) < 4.78 is 14.4. The first-order valence-electron chi connectivity index (χ1n) is 5.39. The molecule has 6 nitrogen and oxygen atoms in total. The highest BCUT2D eigenvalue weighted by Crippen LogP contribution is 2.07. The van der Waals surface area contributed by atoms with Crippen LogP contribution in [0.1, 0.15) is 24.2 Å². The molecule has 0 fully saturated rings. The Balaban J connectivity index is 2.47. The number of hydrogen-bond acceptors (Lipinski definition) is 6. The van der Waals surface area contributed by atoms with Crippen molar-refractivity contribution in [3.8, 4) is 5.88 Å². The lowest BCUT2D eigenvalue weighted by Gasteiger charge is -2.08. The molecule has 6 heteroatoms. The van der Waals surface area contributed by atoms with Crippen molar-refractivity contribution < 1.29 is 23.8 Å². The lowest BCUT2D eigenvalue weighted by molar-refractivity contribution is -0.150. The summed E-state index contributed by atoms with van der Waals surface area (Å²) in [5, 5.41) is 0. The van der Waals surface area contributed by atoms with E-state index in [0.717, 1.165) is 0 Å². The highest BCUT2D eigenvalue weighted by molar-refractivity contribution is 5.90. The molecule has 0 amide bonds. The van der Waals surface area contributed by atoms with Crippen molar-refractivity contribution in [2.45, 2.75) is 20.0 Å². The maximum atomic E-state index is 11.5. The van der Waals surface area contributed by atoms with Crippen molar-refractivity contribution in [3.05, 3.63) is 23.9 Å². The fourth-order valence-electron chi connectivity index (χ4n) is 1.13. The zero-order valence-electron chi connectivity index (χ0n) is 10.5. The average Bonchev–Trinajstić information content (AvgIpc) is 2.35. The van der Waals surface area contributed by atoms with Gasteiger partial charge in [0.05, 0.1) is 18.8 Å². The molecule has 0 saturated heterocycles. The van der Waals surface area contributed by atoms with Gasteiger partial charge in [0.25, 0.3) is 0 Å². The number of hydrogen-bond donors (Lipinski definition) is 0. The largest absolute Gasteiger partial charge is 0.481 e. The van der Waals surface area contributed by atoms with Crippen LogP contribution in [0.15, 0.2) is 18.3 Å². The predicted molar refractivity (Wildman–Crippen MR) is 62.3 cm³/mol. The summed E-state index contributed by atoms with van der Waals surface area (Å²) >= 11 is 0. The van der Waals surface area contributed by atoms with Gasteiger partial charge in [0.15, 0.2) is 6.61 Å². The Labute approximate surface area is 105 Å². The Kier molecular flexibility index (Phi) is 5.10. The molecule has 98 valence electrons. The van der Waals surface area contributed by atoms with Gasteiger partial charge in [-0.1, -0.05) is 0 Å². The molecule has 0 aromatic carbocycles. The minimum Gasteiger partial charge on any atom is -0.481 e. The minimum atomic E-state index is -0.633. The van der Waals surface area contributed by atoms with Gasteiger partial charge in [-0.05, 0) is 19.9 Å². The average molecular weight is 253 g/mol. The molecular weight excluding hydrogens is 238 g/mol. The van der Waals surface area contributed by atoms with E-state index >= 15 is 0 Å². The maximum Gasteiger partial charge on any atom is 0.344 e. The molecular formula is C12H15NO5. The molecule has 1 aromatic heterocycles. The van der Waals surface area contributed by atoms with E-state index in [9.17, 15) is 9.59 Å². The molecule has 0 bridgehead atoms. The van der Waals surface area contributed by atoms with Crippen molar-refractivity contribution >= 4 is 11.9 Å². The highest BCUT2D eigenvalue weighted by Gasteiger charge is 2.12. The lowest BCUT2D eigenvalue weighted by Crippen LogP contribution is -2.19. The van der Waals surface area contributed by atoms with Gasteiger partial charge in [-0.25, -0.2) is 14.6 Å². The number of rotatable bonds is 5. The summed E-state index contributed by atoms with van der Waals surface area (Å²) in [6.07, 6.45) is 1.08.